The van der Waals surface area contributed by atoms with Crippen molar-refractivity contribution in [3.63, 3.8) is 0 Å². The number of hydrogen-bond acceptors (Lipinski definition) is 3. The number of aromatic amines is 1. The van der Waals surface area contributed by atoms with Gasteiger partial charge < -0.3 is 4.98 Å². The molecule has 2 heterocycles. The molecule has 0 aliphatic carbocycles. The molecule has 0 saturated heterocycles. The summed E-state index contributed by atoms with van der Waals surface area (Å²) in [4.78, 5) is 13.7. The van der Waals surface area contributed by atoms with Gasteiger partial charge in [-0.3, -0.25) is 4.79 Å². The Balaban J connectivity index is 2.89. The molecule has 0 fully saturated rings. The van der Waals surface area contributed by atoms with Gasteiger partial charge in [-0.1, -0.05) is 5.21 Å². The minimum absolute atomic E-state index is 0.188. The number of nitrogens with one attached hydrogen (secondary N) is 1. The van der Waals surface area contributed by atoms with Crippen LogP contribution in [0.25, 0.3) is 11.0 Å². The number of nitrogens with zero attached hydrogens (tertiary/aromatic N) is 3. The number of aryl methyl sites for hydroxylation is 1. The van der Waals surface area contributed by atoms with Gasteiger partial charge >= 0.3 is 0 Å². The van der Waals surface area contributed by atoms with Gasteiger partial charge in [0.05, 0.1) is 5.52 Å². The van der Waals surface area contributed by atoms with Crippen LogP contribution in [-0.4, -0.2) is 20.0 Å². The molecule has 0 amide bonds. The van der Waals surface area contributed by atoms with E-state index in [1.54, 1.807) is 16.9 Å². The molecule has 62 valence electrons. The molecule has 0 saturated carbocycles. The normalized spacial score (nSPS) is 10.8. The molecule has 0 atom stereocenters. The van der Waals surface area contributed by atoms with Gasteiger partial charge in [-0.2, -0.15) is 0 Å². The van der Waals surface area contributed by atoms with E-state index in [-0.39, 0.29) is 5.56 Å². The van der Waals surface area contributed by atoms with Gasteiger partial charge in [0.15, 0.2) is 5.52 Å². The summed E-state index contributed by atoms with van der Waals surface area (Å²) in [5.41, 5.74) is 0.993. The number of pyridine rings is 1. The van der Waals surface area contributed by atoms with Crippen LogP contribution in [0.4, 0.5) is 0 Å². The van der Waals surface area contributed by atoms with Crippen LogP contribution in [0.2, 0.25) is 0 Å². The maximum absolute atomic E-state index is 11.1. The highest BCUT2D eigenvalue weighted by atomic mass is 16.1. The largest absolute Gasteiger partial charge is 0.327 e. The number of fused-ring (bicyclic) bond motifs is 1. The van der Waals surface area contributed by atoms with Crippen molar-refractivity contribution in [2.24, 2.45) is 0 Å². The van der Waals surface area contributed by atoms with Crippen molar-refractivity contribution in [3.05, 3.63) is 22.6 Å². The van der Waals surface area contributed by atoms with E-state index < -0.39 is 0 Å². The van der Waals surface area contributed by atoms with Crippen molar-refractivity contribution in [2.75, 3.05) is 0 Å². The first-order valence-electron chi connectivity index (χ1n) is 3.74. The third-order valence-corrected chi connectivity index (χ3v) is 1.74. The van der Waals surface area contributed by atoms with Gasteiger partial charge in [0.1, 0.15) is 0 Å². The predicted molar refractivity (Wildman–Crippen MR) is 43.8 cm³/mol. The molecule has 2 rings (SSSR count). The highest BCUT2D eigenvalue weighted by molar-refractivity contribution is 5.72. The Bertz CT molecular complexity index is 456. The molecule has 0 radical (unpaired) electrons. The fourth-order valence-electron chi connectivity index (χ4n) is 1.15. The molecule has 0 spiro atoms. The molecule has 5 heteroatoms. The Morgan fingerprint density at radius 2 is 2.50 bits per heavy atom. The molecule has 0 bridgehead atoms. The van der Waals surface area contributed by atoms with E-state index >= 15 is 0 Å². The van der Waals surface area contributed by atoms with Crippen molar-refractivity contribution in [3.8, 4) is 0 Å². The zero-order valence-electron chi connectivity index (χ0n) is 6.61. The third kappa shape index (κ3) is 0.827. The summed E-state index contributed by atoms with van der Waals surface area (Å²) < 4.78 is 1.69. The SMILES string of the molecule is CCn1nnc2c(=O)[nH]ccc21. The number of hydrogen-bond donors (Lipinski definition) is 1. The van der Waals surface area contributed by atoms with Crippen molar-refractivity contribution in [2.45, 2.75) is 13.5 Å². The van der Waals surface area contributed by atoms with E-state index in [9.17, 15) is 4.79 Å². The fourth-order valence-corrected chi connectivity index (χ4v) is 1.15. The highest BCUT2D eigenvalue weighted by Gasteiger charge is 2.04. The maximum Gasteiger partial charge on any atom is 0.278 e. The van der Waals surface area contributed by atoms with Crippen LogP contribution < -0.4 is 5.56 Å². The van der Waals surface area contributed by atoms with Crippen LogP contribution in [0, 0.1) is 0 Å². The molecule has 2 aromatic rings. The minimum atomic E-state index is -0.188. The van der Waals surface area contributed by atoms with Crippen LogP contribution >= 0.6 is 0 Å². The minimum Gasteiger partial charge on any atom is -0.327 e. The number of rotatable bonds is 1. The van der Waals surface area contributed by atoms with E-state index in [0.717, 1.165) is 12.1 Å². The lowest BCUT2D eigenvalue weighted by Gasteiger charge is -1.93. The maximum atomic E-state index is 11.1. The average Bonchev–Trinajstić information content (AvgIpc) is 2.49. The summed E-state index contributed by atoms with van der Waals surface area (Å²) in [6.45, 7) is 2.68. The summed E-state index contributed by atoms with van der Waals surface area (Å²) in [6.07, 6.45) is 1.60. The topological polar surface area (TPSA) is 63.6 Å². The summed E-state index contributed by atoms with van der Waals surface area (Å²) >= 11 is 0. The molecule has 12 heavy (non-hydrogen) atoms. The van der Waals surface area contributed by atoms with Crippen molar-refractivity contribution in [1.82, 2.24) is 20.0 Å². The van der Waals surface area contributed by atoms with E-state index in [2.05, 4.69) is 15.3 Å². The second-order valence-electron chi connectivity index (χ2n) is 2.45. The van der Waals surface area contributed by atoms with Crippen LogP contribution in [-0.2, 0) is 6.54 Å². The van der Waals surface area contributed by atoms with Crippen molar-refractivity contribution >= 4 is 11.0 Å². The molecular weight excluding hydrogens is 156 g/mol. The third-order valence-electron chi connectivity index (χ3n) is 1.74. The lowest BCUT2D eigenvalue weighted by Crippen LogP contribution is -2.04. The monoisotopic (exact) mass is 164 g/mol. The van der Waals surface area contributed by atoms with Crippen LogP contribution in [0.3, 0.4) is 0 Å². The summed E-state index contributed by atoms with van der Waals surface area (Å²) in [7, 11) is 0. The summed E-state index contributed by atoms with van der Waals surface area (Å²) in [5, 5.41) is 7.58. The Morgan fingerprint density at radius 1 is 1.67 bits per heavy atom. The molecular formula is C7H8N4O. The first-order chi connectivity index (χ1) is 5.83. The first-order valence-corrected chi connectivity index (χ1v) is 3.74. The van der Waals surface area contributed by atoms with Crippen LogP contribution in [0.15, 0.2) is 17.1 Å². The number of aromatic nitrogens is 4. The molecule has 2 aromatic heterocycles. The van der Waals surface area contributed by atoms with E-state index in [0.29, 0.717) is 5.52 Å². The lowest BCUT2D eigenvalue weighted by molar-refractivity contribution is 0.646. The van der Waals surface area contributed by atoms with Gasteiger partial charge in [0.25, 0.3) is 5.56 Å². The van der Waals surface area contributed by atoms with Crippen LogP contribution in [0.1, 0.15) is 6.92 Å². The summed E-state index contributed by atoms with van der Waals surface area (Å²) in [5.74, 6) is 0. The molecule has 0 aliphatic heterocycles. The Labute approximate surface area is 68.0 Å². The van der Waals surface area contributed by atoms with Gasteiger partial charge in [0.2, 0.25) is 0 Å². The van der Waals surface area contributed by atoms with Gasteiger partial charge in [-0.15, -0.1) is 5.10 Å². The summed E-state index contributed by atoms with van der Waals surface area (Å²) in [6, 6.07) is 1.79. The zero-order chi connectivity index (χ0) is 8.55. The molecule has 0 unspecified atom stereocenters. The van der Waals surface area contributed by atoms with E-state index in [1.165, 1.54) is 0 Å². The highest BCUT2D eigenvalue weighted by Crippen LogP contribution is 2.02. The Kier molecular flexibility index (Phi) is 1.43. The molecule has 5 nitrogen and oxygen atoms in total. The van der Waals surface area contributed by atoms with Gasteiger partial charge in [0, 0.05) is 12.7 Å². The quantitative estimate of drug-likeness (QED) is 0.652. The molecule has 1 N–H and O–H groups in total. The average molecular weight is 164 g/mol. The van der Waals surface area contributed by atoms with Crippen molar-refractivity contribution in [1.29, 1.82) is 0 Å². The van der Waals surface area contributed by atoms with Gasteiger partial charge in [-0.05, 0) is 13.0 Å². The Hall–Kier alpha value is -1.65. The molecule has 0 aromatic carbocycles. The van der Waals surface area contributed by atoms with Crippen LogP contribution in [0.5, 0.6) is 0 Å². The van der Waals surface area contributed by atoms with Gasteiger partial charge in [-0.25, -0.2) is 4.68 Å². The Morgan fingerprint density at radius 3 is 3.25 bits per heavy atom. The van der Waals surface area contributed by atoms with E-state index in [4.69, 9.17) is 0 Å². The first kappa shape index (κ1) is 7.02. The number of H-pyrrole nitrogens is 1. The smallest absolute Gasteiger partial charge is 0.278 e. The van der Waals surface area contributed by atoms with E-state index in [1.807, 2.05) is 6.92 Å². The lowest BCUT2D eigenvalue weighted by atomic mass is 10.4. The second kappa shape index (κ2) is 2.44. The molecule has 0 aliphatic rings. The van der Waals surface area contributed by atoms with Crippen molar-refractivity contribution < 1.29 is 0 Å². The second-order valence-corrected chi connectivity index (χ2v) is 2.45. The fraction of sp³-hybridized carbons (Fsp3) is 0.286. The standard InChI is InChI=1S/C7H8N4O/c1-2-11-5-3-4-8-7(12)6(5)9-10-11/h3-4H,2H2,1H3,(H,8,12). The zero-order valence-corrected chi connectivity index (χ0v) is 6.61. The predicted octanol–water partition coefficient (Wildman–Crippen LogP) is 0.139.